The topological polar surface area (TPSA) is 80.7 Å². The van der Waals surface area contributed by atoms with Gasteiger partial charge in [-0.1, -0.05) is 37.3 Å². The number of ether oxygens (including phenoxy) is 1. The SMILES string of the molecule is CNC(=O)c1cc(C(=O)N=C2C3COC[C@H]23)cc([C@@H](C)c2ccccc2)n1. The first kappa shape index (κ1) is 17.5. The van der Waals surface area contributed by atoms with Crippen molar-refractivity contribution in [3.05, 3.63) is 65.0 Å². The Balaban J connectivity index is 1.68. The van der Waals surface area contributed by atoms with Crippen molar-refractivity contribution in [3.8, 4) is 0 Å². The molecule has 1 aromatic heterocycles. The van der Waals surface area contributed by atoms with Crippen molar-refractivity contribution in [2.24, 2.45) is 16.8 Å². The maximum Gasteiger partial charge on any atom is 0.277 e. The largest absolute Gasteiger partial charge is 0.380 e. The number of aromatic nitrogens is 1. The van der Waals surface area contributed by atoms with Gasteiger partial charge in [0.1, 0.15) is 5.69 Å². The number of amides is 2. The maximum atomic E-state index is 12.7. The molecule has 1 saturated carbocycles. The van der Waals surface area contributed by atoms with Crippen LogP contribution in [-0.2, 0) is 4.74 Å². The lowest BCUT2D eigenvalue weighted by Crippen LogP contribution is -2.21. The molecule has 1 N–H and O–H groups in total. The Morgan fingerprint density at radius 3 is 2.56 bits per heavy atom. The van der Waals surface area contributed by atoms with E-state index in [1.165, 1.54) is 6.07 Å². The molecule has 138 valence electrons. The minimum atomic E-state index is -0.325. The third-order valence-corrected chi connectivity index (χ3v) is 5.26. The molecule has 1 aliphatic heterocycles. The summed E-state index contributed by atoms with van der Waals surface area (Å²) in [6.45, 7) is 3.30. The maximum absolute atomic E-state index is 12.7. The molecule has 27 heavy (non-hydrogen) atoms. The highest BCUT2D eigenvalue weighted by Crippen LogP contribution is 2.41. The molecule has 4 rings (SSSR count). The summed E-state index contributed by atoms with van der Waals surface area (Å²) in [5.74, 6) is -0.124. The highest BCUT2D eigenvalue weighted by Gasteiger charge is 2.51. The van der Waals surface area contributed by atoms with Gasteiger partial charge in [0.15, 0.2) is 0 Å². The van der Waals surface area contributed by atoms with Crippen LogP contribution in [0.1, 0.15) is 44.9 Å². The number of rotatable bonds is 4. The molecular formula is C21H21N3O3. The second kappa shape index (κ2) is 7.04. The van der Waals surface area contributed by atoms with Crippen molar-refractivity contribution in [3.63, 3.8) is 0 Å². The van der Waals surface area contributed by atoms with Crippen LogP contribution in [-0.4, -0.2) is 42.8 Å². The molecule has 1 aliphatic carbocycles. The Bertz CT molecular complexity index is 912. The molecule has 1 saturated heterocycles. The molecule has 2 aromatic rings. The zero-order valence-corrected chi connectivity index (χ0v) is 15.3. The number of pyridine rings is 1. The second-order valence-corrected chi connectivity index (χ2v) is 6.97. The summed E-state index contributed by atoms with van der Waals surface area (Å²) in [6, 6.07) is 13.1. The molecule has 2 fully saturated rings. The quantitative estimate of drug-likeness (QED) is 0.905. The average Bonchev–Trinajstić information content (AvgIpc) is 3.13. The molecule has 0 radical (unpaired) electrons. The minimum Gasteiger partial charge on any atom is -0.380 e. The fourth-order valence-electron chi connectivity index (χ4n) is 3.49. The van der Waals surface area contributed by atoms with Gasteiger partial charge in [0.2, 0.25) is 0 Å². The molecule has 6 heteroatoms. The number of fused-ring (bicyclic) bond motifs is 1. The van der Waals surface area contributed by atoms with Gasteiger partial charge >= 0.3 is 0 Å². The molecular weight excluding hydrogens is 342 g/mol. The Morgan fingerprint density at radius 2 is 1.89 bits per heavy atom. The van der Waals surface area contributed by atoms with Crippen molar-refractivity contribution < 1.29 is 14.3 Å². The van der Waals surface area contributed by atoms with Gasteiger partial charge < -0.3 is 10.1 Å². The van der Waals surface area contributed by atoms with Crippen molar-refractivity contribution in [1.82, 2.24) is 10.3 Å². The van der Waals surface area contributed by atoms with Gasteiger partial charge in [0, 0.05) is 41.8 Å². The van der Waals surface area contributed by atoms with Crippen LogP contribution in [0.3, 0.4) is 0 Å². The van der Waals surface area contributed by atoms with Crippen LogP contribution in [0.15, 0.2) is 47.5 Å². The normalized spacial score (nSPS) is 23.0. The van der Waals surface area contributed by atoms with Gasteiger partial charge in [-0.15, -0.1) is 0 Å². The zero-order chi connectivity index (χ0) is 19.0. The monoisotopic (exact) mass is 363 g/mol. The van der Waals surface area contributed by atoms with Crippen LogP contribution >= 0.6 is 0 Å². The van der Waals surface area contributed by atoms with E-state index in [-0.39, 0.29) is 35.3 Å². The molecule has 2 aliphatic rings. The summed E-state index contributed by atoms with van der Waals surface area (Å²) in [6.07, 6.45) is 0. The summed E-state index contributed by atoms with van der Waals surface area (Å²) in [4.78, 5) is 33.6. The third kappa shape index (κ3) is 3.40. The first-order valence-electron chi connectivity index (χ1n) is 9.08. The molecule has 1 unspecified atom stereocenters. The first-order chi connectivity index (χ1) is 13.1. The van der Waals surface area contributed by atoms with Crippen LogP contribution in [0.4, 0.5) is 0 Å². The van der Waals surface area contributed by atoms with Crippen molar-refractivity contribution in [2.45, 2.75) is 12.8 Å². The lowest BCUT2D eigenvalue weighted by molar-refractivity contribution is 0.0958. The van der Waals surface area contributed by atoms with Gasteiger partial charge in [-0.05, 0) is 17.7 Å². The van der Waals surface area contributed by atoms with E-state index in [4.69, 9.17) is 4.74 Å². The van der Waals surface area contributed by atoms with Crippen LogP contribution in [0.25, 0.3) is 0 Å². The minimum absolute atomic E-state index is 0.0521. The number of carbonyl (C=O) groups excluding carboxylic acids is 2. The lowest BCUT2D eigenvalue weighted by Gasteiger charge is -2.14. The van der Waals surface area contributed by atoms with E-state index in [9.17, 15) is 9.59 Å². The Morgan fingerprint density at radius 1 is 1.19 bits per heavy atom. The molecule has 2 amide bonds. The van der Waals surface area contributed by atoms with E-state index < -0.39 is 0 Å². The van der Waals surface area contributed by atoms with Gasteiger partial charge in [0.25, 0.3) is 11.8 Å². The Kier molecular flexibility index (Phi) is 4.58. The van der Waals surface area contributed by atoms with Gasteiger partial charge in [0.05, 0.1) is 13.2 Å². The number of aliphatic imine (C=N–C) groups is 1. The highest BCUT2D eigenvalue weighted by molar-refractivity contribution is 6.13. The van der Waals surface area contributed by atoms with Crippen molar-refractivity contribution >= 4 is 17.5 Å². The molecule has 0 bridgehead atoms. The van der Waals surface area contributed by atoms with E-state index >= 15 is 0 Å². The Hall–Kier alpha value is -2.86. The van der Waals surface area contributed by atoms with E-state index in [2.05, 4.69) is 15.3 Å². The van der Waals surface area contributed by atoms with E-state index in [1.807, 2.05) is 37.3 Å². The average molecular weight is 363 g/mol. The summed E-state index contributed by atoms with van der Waals surface area (Å²) < 4.78 is 5.33. The fourth-order valence-corrected chi connectivity index (χ4v) is 3.49. The number of nitrogens with zero attached hydrogens (tertiary/aromatic N) is 2. The number of benzene rings is 1. The number of nitrogens with one attached hydrogen (secondary N) is 1. The second-order valence-electron chi connectivity index (χ2n) is 6.97. The summed E-state index contributed by atoms with van der Waals surface area (Å²) in [5, 5.41) is 2.57. The van der Waals surface area contributed by atoms with Crippen LogP contribution in [0, 0.1) is 11.8 Å². The molecule has 3 atom stereocenters. The zero-order valence-electron chi connectivity index (χ0n) is 15.3. The lowest BCUT2D eigenvalue weighted by atomic mass is 9.96. The van der Waals surface area contributed by atoms with E-state index in [0.717, 1.165) is 11.3 Å². The summed E-state index contributed by atoms with van der Waals surface area (Å²) >= 11 is 0. The molecule has 1 aromatic carbocycles. The predicted octanol–water partition coefficient (Wildman–Crippen LogP) is 2.45. The standard InChI is InChI=1S/C21H21N3O3/c1-12(13-6-4-3-5-7-13)17-8-14(9-18(23-17)21(26)22-2)20(25)24-19-15-10-27-11-16(15)19/h3-9,12,15-16H,10-11H2,1-2H3,(H,22,26)/t12-,15-,16?/m0/s1. The van der Waals surface area contributed by atoms with Gasteiger partial charge in [-0.25, -0.2) is 9.98 Å². The van der Waals surface area contributed by atoms with Crippen molar-refractivity contribution in [2.75, 3.05) is 20.3 Å². The van der Waals surface area contributed by atoms with Gasteiger partial charge in [-0.3, -0.25) is 9.59 Å². The number of hydrogen-bond donors (Lipinski definition) is 1. The van der Waals surface area contributed by atoms with Crippen LogP contribution in [0.2, 0.25) is 0 Å². The smallest absolute Gasteiger partial charge is 0.277 e. The molecule has 0 spiro atoms. The van der Waals surface area contributed by atoms with E-state index in [1.54, 1.807) is 13.1 Å². The van der Waals surface area contributed by atoms with Gasteiger partial charge in [-0.2, -0.15) is 0 Å². The van der Waals surface area contributed by atoms with Crippen molar-refractivity contribution in [1.29, 1.82) is 0 Å². The third-order valence-electron chi connectivity index (χ3n) is 5.26. The predicted molar refractivity (Wildman–Crippen MR) is 101 cm³/mol. The fraction of sp³-hybridized carbons (Fsp3) is 0.333. The van der Waals surface area contributed by atoms with Crippen LogP contribution in [0.5, 0.6) is 0 Å². The number of carbonyl (C=O) groups is 2. The number of hydrogen-bond acceptors (Lipinski definition) is 4. The van der Waals surface area contributed by atoms with Crippen LogP contribution < -0.4 is 5.32 Å². The van der Waals surface area contributed by atoms with E-state index in [0.29, 0.717) is 24.5 Å². The first-order valence-corrected chi connectivity index (χ1v) is 9.08. The Labute approximate surface area is 157 Å². The highest BCUT2D eigenvalue weighted by atomic mass is 16.5. The summed E-state index contributed by atoms with van der Waals surface area (Å²) in [7, 11) is 1.55. The molecule has 2 heterocycles. The summed E-state index contributed by atoms with van der Waals surface area (Å²) in [5.41, 5.74) is 3.27. The molecule has 6 nitrogen and oxygen atoms in total.